The topological polar surface area (TPSA) is 70.7 Å². The van der Waals surface area contributed by atoms with Gasteiger partial charge in [-0.1, -0.05) is 31.3 Å². The van der Waals surface area contributed by atoms with Gasteiger partial charge >= 0.3 is 0 Å². The van der Waals surface area contributed by atoms with Gasteiger partial charge in [0, 0.05) is 30.9 Å². The van der Waals surface area contributed by atoms with Crippen LogP contribution in [-0.4, -0.2) is 28.3 Å². The van der Waals surface area contributed by atoms with E-state index < -0.39 is 0 Å². The summed E-state index contributed by atoms with van der Waals surface area (Å²) >= 11 is 1.66. The minimum Gasteiger partial charge on any atom is -0.365 e. The molecule has 0 saturated heterocycles. The summed E-state index contributed by atoms with van der Waals surface area (Å²) in [6.07, 6.45) is 4.74. The molecule has 3 aromatic heterocycles. The number of pyridine rings is 1. The number of rotatable bonds is 3. The lowest BCUT2D eigenvalue weighted by Gasteiger charge is -2.01. The molecule has 2 N–H and O–H groups in total. The number of hydrogen-bond acceptors (Lipinski definition) is 5. The van der Waals surface area contributed by atoms with Crippen LogP contribution >= 0.6 is 11.3 Å². The van der Waals surface area contributed by atoms with Gasteiger partial charge in [-0.25, -0.2) is 4.98 Å². The lowest BCUT2D eigenvalue weighted by molar-refractivity contribution is -0.110. The summed E-state index contributed by atoms with van der Waals surface area (Å²) in [4.78, 5) is 21.7. The van der Waals surface area contributed by atoms with Crippen LogP contribution < -0.4 is 5.32 Å². The van der Waals surface area contributed by atoms with Crippen molar-refractivity contribution in [3.63, 3.8) is 0 Å². The highest BCUT2D eigenvalue weighted by Gasteiger charge is 2.06. The van der Waals surface area contributed by atoms with Gasteiger partial charge in [0.25, 0.3) is 0 Å². The highest BCUT2D eigenvalue weighted by Crippen LogP contribution is 2.30. The smallest absolute Gasteiger partial charge is 0.183 e. The summed E-state index contributed by atoms with van der Waals surface area (Å²) in [5.41, 5.74) is 5.35. The van der Waals surface area contributed by atoms with E-state index in [0.29, 0.717) is 0 Å². The van der Waals surface area contributed by atoms with Crippen molar-refractivity contribution in [3.8, 4) is 11.1 Å². The lowest BCUT2D eigenvalue weighted by Crippen LogP contribution is -1.84. The van der Waals surface area contributed by atoms with Crippen LogP contribution in [-0.2, 0) is 4.79 Å². The Hall–Kier alpha value is -2.73. The molecule has 25 heavy (non-hydrogen) atoms. The fourth-order valence-corrected chi connectivity index (χ4v) is 3.16. The number of nitrogens with one attached hydrogen (secondary N) is 2. The van der Waals surface area contributed by atoms with Crippen LogP contribution in [0.1, 0.15) is 13.8 Å². The third-order valence-electron chi connectivity index (χ3n) is 3.61. The monoisotopic (exact) mass is 352 g/mol. The van der Waals surface area contributed by atoms with Crippen molar-refractivity contribution < 1.29 is 4.79 Å². The highest BCUT2D eigenvalue weighted by atomic mass is 32.1. The van der Waals surface area contributed by atoms with Gasteiger partial charge in [0.2, 0.25) is 0 Å². The van der Waals surface area contributed by atoms with Crippen molar-refractivity contribution in [2.24, 2.45) is 5.92 Å². The Morgan fingerprint density at radius 3 is 2.68 bits per heavy atom. The second kappa shape index (κ2) is 7.44. The van der Waals surface area contributed by atoms with Gasteiger partial charge in [-0.15, -0.1) is 0 Å². The second-order valence-corrected chi connectivity index (χ2v) is 7.00. The Bertz CT molecular complexity index is 1000. The fourth-order valence-electron chi connectivity index (χ4n) is 2.30. The molecule has 5 nitrogen and oxygen atoms in total. The summed E-state index contributed by atoms with van der Waals surface area (Å²) in [7, 11) is 1.89. The average molecular weight is 352 g/mol. The molecule has 4 rings (SSSR count). The molecule has 1 aromatic carbocycles. The van der Waals surface area contributed by atoms with Crippen molar-refractivity contribution in [1.82, 2.24) is 15.0 Å². The van der Waals surface area contributed by atoms with Crippen molar-refractivity contribution in [3.05, 3.63) is 42.7 Å². The summed E-state index contributed by atoms with van der Waals surface area (Å²) < 4.78 is 1.18. The first-order valence-corrected chi connectivity index (χ1v) is 8.89. The van der Waals surface area contributed by atoms with E-state index >= 15 is 0 Å². The minimum atomic E-state index is 0.204. The van der Waals surface area contributed by atoms with Gasteiger partial charge in [0.05, 0.1) is 21.3 Å². The molecule has 0 bridgehead atoms. The number of nitrogens with zero attached hydrogens (tertiary/aromatic N) is 2. The number of anilines is 1. The number of aldehydes is 1. The summed E-state index contributed by atoms with van der Waals surface area (Å²) in [6, 6.07) is 10.4. The van der Waals surface area contributed by atoms with E-state index in [9.17, 15) is 4.79 Å². The van der Waals surface area contributed by atoms with E-state index in [2.05, 4.69) is 44.5 Å². The first-order chi connectivity index (χ1) is 12.1. The van der Waals surface area contributed by atoms with Crippen molar-refractivity contribution >= 4 is 44.0 Å². The molecule has 0 unspecified atom stereocenters. The Morgan fingerprint density at radius 1 is 1.16 bits per heavy atom. The molecule has 0 fully saturated rings. The van der Waals surface area contributed by atoms with E-state index in [1.165, 1.54) is 4.70 Å². The van der Waals surface area contributed by atoms with E-state index in [0.717, 1.165) is 39.1 Å². The van der Waals surface area contributed by atoms with Gasteiger partial charge in [0.1, 0.15) is 6.29 Å². The molecule has 4 aromatic rings. The van der Waals surface area contributed by atoms with Gasteiger partial charge < -0.3 is 15.1 Å². The number of hydrogen-bond donors (Lipinski definition) is 2. The SMILES string of the molecule is CC(C)C=O.CNc1nc2ccc(-c3cnc4cc[nH]c4c3)cc2s1. The molecular formula is C19H20N4OS. The molecule has 6 heteroatoms. The summed E-state index contributed by atoms with van der Waals surface area (Å²) in [5, 5.41) is 4.03. The second-order valence-electron chi connectivity index (χ2n) is 5.97. The Labute approximate surface area is 150 Å². The Balaban J connectivity index is 0.000000324. The van der Waals surface area contributed by atoms with Gasteiger partial charge in [-0.05, 0) is 29.8 Å². The van der Waals surface area contributed by atoms with E-state index in [1.54, 1.807) is 11.3 Å². The molecule has 0 spiro atoms. The first-order valence-electron chi connectivity index (χ1n) is 8.08. The van der Waals surface area contributed by atoms with Crippen molar-refractivity contribution in [1.29, 1.82) is 0 Å². The van der Waals surface area contributed by atoms with Crippen LogP contribution in [0.5, 0.6) is 0 Å². The van der Waals surface area contributed by atoms with Crippen LogP contribution in [0.2, 0.25) is 0 Å². The minimum absolute atomic E-state index is 0.204. The highest BCUT2D eigenvalue weighted by molar-refractivity contribution is 7.22. The van der Waals surface area contributed by atoms with Gasteiger partial charge in [-0.2, -0.15) is 0 Å². The normalized spacial score (nSPS) is 10.7. The van der Waals surface area contributed by atoms with E-state index in [1.807, 2.05) is 39.4 Å². The molecule has 0 saturated carbocycles. The van der Waals surface area contributed by atoms with Gasteiger partial charge in [0.15, 0.2) is 5.13 Å². The van der Waals surface area contributed by atoms with E-state index in [4.69, 9.17) is 0 Å². The van der Waals surface area contributed by atoms with Crippen molar-refractivity contribution in [2.75, 3.05) is 12.4 Å². The standard InChI is InChI=1S/C15H12N4S.C4H8O/c1-16-15-19-12-3-2-9(7-14(12)20-15)10-6-13-11(18-8-10)4-5-17-13;1-4(2)3-5/h2-8,17H,1H3,(H,16,19);3-4H,1-2H3. The maximum Gasteiger partial charge on any atom is 0.183 e. The third kappa shape index (κ3) is 3.85. The lowest BCUT2D eigenvalue weighted by atomic mass is 10.1. The summed E-state index contributed by atoms with van der Waals surface area (Å²) in [5.74, 6) is 0.204. The molecule has 0 aliphatic carbocycles. The predicted molar refractivity (Wildman–Crippen MR) is 105 cm³/mol. The largest absolute Gasteiger partial charge is 0.365 e. The number of H-pyrrole nitrogens is 1. The number of aromatic amines is 1. The van der Waals surface area contributed by atoms with Crippen LogP contribution in [0.15, 0.2) is 42.7 Å². The Kier molecular flexibility index (Phi) is 5.09. The number of fused-ring (bicyclic) bond motifs is 2. The van der Waals surface area contributed by atoms with Crippen LogP contribution in [0.3, 0.4) is 0 Å². The molecule has 0 amide bonds. The molecular weight excluding hydrogens is 332 g/mol. The van der Waals surface area contributed by atoms with Crippen LogP contribution in [0.25, 0.3) is 32.4 Å². The molecule has 0 radical (unpaired) electrons. The zero-order valence-electron chi connectivity index (χ0n) is 14.4. The quantitative estimate of drug-likeness (QED) is 0.523. The van der Waals surface area contributed by atoms with Crippen LogP contribution in [0, 0.1) is 5.92 Å². The van der Waals surface area contributed by atoms with E-state index in [-0.39, 0.29) is 5.92 Å². The number of carbonyl (C=O) groups excluding carboxylic acids is 1. The molecule has 128 valence electrons. The first kappa shape index (κ1) is 17.1. The zero-order chi connectivity index (χ0) is 17.8. The third-order valence-corrected chi connectivity index (χ3v) is 4.64. The van der Waals surface area contributed by atoms with Crippen LogP contribution in [0.4, 0.5) is 5.13 Å². The number of benzene rings is 1. The number of aromatic nitrogens is 3. The van der Waals surface area contributed by atoms with Crippen molar-refractivity contribution in [2.45, 2.75) is 13.8 Å². The predicted octanol–water partition coefficient (Wildman–Crippen LogP) is 4.72. The maximum absolute atomic E-state index is 9.50. The average Bonchev–Trinajstić information content (AvgIpc) is 3.26. The molecule has 3 heterocycles. The molecule has 0 aliphatic rings. The number of carbonyl (C=O) groups is 1. The molecule has 0 atom stereocenters. The zero-order valence-corrected chi connectivity index (χ0v) is 15.2. The number of thiazole rings is 1. The maximum atomic E-state index is 9.50. The Morgan fingerprint density at radius 2 is 1.96 bits per heavy atom. The molecule has 0 aliphatic heterocycles. The fraction of sp³-hybridized carbons (Fsp3) is 0.211. The summed E-state index contributed by atoms with van der Waals surface area (Å²) in [6.45, 7) is 3.71. The van der Waals surface area contributed by atoms with Gasteiger partial charge in [-0.3, -0.25) is 4.98 Å².